The number of nitrogens with zero attached hydrogens (tertiary/aromatic N) is 4. The highest BCUT2D eigenvalue weighted by molar-refractivity contribution is 7.19. The number of piperidine rings is 1. The van der Waals surface area contributed by atoms with E-state index in [1.54, 1.807) is 11.3 Å². The molecule has 2 aromatic rings. The van der Waals surface area contributed by atoms with Crippen molar-refractivity contribution >= 4 is 27.3 Å². The second kappa shape index (κ2) is 10.6. The maximum absolute atomic E-state index is 13.3. The molecule has 2 heterocycles. The summed E-state index contributed by atoms with van der Waals surface area (Å²) in [6.45, 7) is 7.15. The molecule has 1 saturated heterocycles. The summed E-state index contributed by atoms with van der Waals surface area (Å²) < 4.78 is 1.19. The van der Waals surface area contributed by atoms with Gasteiger partial charge in [-0.1, -0.05) is 42.6 Å². The van der Waals surface area contributed by atoms with Crippen molar-refractivity contribution in [3.05, 3.63) is 45.7 Å². The summed E-state index contributed by atoms with van der Waals surface area (Å²) in [5.41, 5.74) is 8.90. The normalized spacial score (nSPS) is 25.2. The monoisotopic (exact) mass is 483 g/mol. The Bertz CT molecular complexity index is 1010. The van der Waals surface area contributed by atoms with Gasteiger partial charge in [0.2, 0.25) is 5.91 Å². The molecule has 1 amide bonds. The van der Waals surface area contributed by atoms with Crippen molar-refractivity contribution in [2.24, 2.45) is 17.0 Å². The number of azide groups is 1. The van der Waals surface area contributed by atoms with Gasteiger partial charge < -0.3 is 10.4 Å². The Kier molecular flexibility index (Phi) is 7.83. The van der Waals surface area contributed by atoms with E-state index in [2.05, 4.69) is 38.4 Å². The van der Waals surface area contributed by atoms with Crippen LogP contribution in [0.2, 0.25) is 0 Å². The predicted octanol–water partition coefficient (Wildman–Crippen LogP) is 5.28. The number of fused-ring (bicyclic) bond motifs is 2. The Morgan fingerprint density at radius 2 is 2.03 bits per heavy atom. The van der Waals surface area contributed by atoms with Crippen LogP contribution in [0.4, 0.5) is 0 Å². The number of thiophene rings is 1. The largest absolute Gasteiger partial charge is 0.391 e. The average Bonchev–Trinajstić information content (AvgIpc) is 3.19. The van der Waals surface area contributed by atoms with Crippen LogP contribution < -0.4 is 5.32 Å². The molecule has 2 fully saturated rings. The number of carbonyl (C=O) groups excluding carboxylic acids is 1. The molecule has 0 radical (unpaired) electrons. The molecule has 1 aliphatic carbocycles. The smallest absolute Gasteiger partial charge is 0.237 e. The molecule has 1 saturated carbocycles. The Morgan fingerprint density at radius 1 is 1.29 bits per heavy atom. The summed E-state index contributed by atoms with van der Waals surface area (Å²) >= 11 is 1.67. The van der Waals surface area contributed by atoms with E-state index in [-0.39, 0.29) is 17.5 Å². The van der Waals surface area contributed by atoms with E-state index in [1.165, 1.54) is 30.4 Å². The number of amides is 1. The van der Waals surface area contributed by atoms with Crippen molar-refractivity contribution < 1.29 is 9.90 Å². The Balaban J connectivity index is 1.50. The molecule has 1 aromatic heterocycles. The fraction of sp³-hybridized carbons (Fsp3) is 0.654. The summed E-state index contributed by atoms with van der Waals surface area (Å²) in [6, 6.07) is 9.45. The van der Waals surface area contributed by atoms with Crippen LogP contribution in [0.15, 0.2) is 35.4 Å². The molecule has 1 aliphatic heterocycles. The van der Waals surface area contributed by atoms with Gasteiger partial charge in [0.1, 0.15) is 0 Å². The standard InChI is InChI=1S/C26H37N5O2S/c1-26(2,3)28-25(33)22-13-17-8-4-5-10-19(17)15-31(22)16-23(32)21(29-30-27)14-20-12-18-9-6-7-11-24(18)34-20/h6-7,9,11-12,17,19,21-23,32H,4-5,8,10,13-16H2,1-3H3,(H,28,33)/t17-,19+,21-,22-,23+/m0/s1. The van der Waals surface area contributed by atoms with E-state index < -0.39 is 12.1 Å². The first-order valence-electron chi connectivity index (χ1n) is 12.5. The van der Waals surface area contributed by atoms with Gasteiger partial charge in [0.15, 0.2) is 0 Å². The number of aliphatic hydroxyl groups is 1. The van der Waals surface area contributed by atoms with Crippen LogP contribution in [0.25, 0.3) is 20.5 Å². The molecule has 0 unspecified atom stereocenters. The lowest BCUT2D eigenvalue weighted by atomic mass is 9.72. The van der Waals surface area contributed by atoms with Gasteiger partial charge in [-0.3, -0.25) is 9.69 Å². The zero-order chi connectivity index (χ0) is 24.3. The Labute approximate surface area is 206 Å². The van der Waals surface area contributed by atoms with Crippen LogP contribution in [0.5, 0.6) is 0 Å². The van der Waals surface area contributed by atoms with Gasteiger partial charge in [-0.25, -0.2) is 0 Å². The van der Waals surface area contributed by atoms with Crippen LogP contribution in [0.1, 0.15) is 57.8 Å². The van der Waals surface area contributed by atoms with Crippen LogP contribution >= 0.6 is 11.3 Å². The summed E-state index contributed by atoms with van der Waals surface area (Å²) in [4.78, 5) is 19.5. The molecule has 0 spiro atoms. The molecule has 0 bridgehead atoms. The van der Waals surface area contributed by atoms with Crippen LogP contribution in [-0.2, 0) is 11.2 Å². The predicted molar refractivity (Wildman–Crippen MR) is 138 cm³/mol. The van der Waals surface area contributed by atoms with Gasteiger partial charge in [0.25, 0.3) is 0 Å². The number of hydrogen-bond donors (Lipinski definition) is 2. The minimum atomic E-state index is -0.841. The van der Waals surface area contributed by atoms with Gasteiger partial charge in [0, 0.05) is 33.1 Å². The number of hydrogen-bond acceptors (Lipinski definition) is 5. The molecule has 8 heteroatoms. The second-order valence-corrected chi connectivity index (χ2v) is 12.2. The molecule has 5 atom stereocenters. The van der Waals surface area contributed by atoms with Gasteiger partial charge >= 0.3 is 0 Å². The minimum absolute atomic E-state index is 0.0357. The van der Waals surface area contributed by atoms with Crippen molar-refractivity contribution in [3.8, 4) is 0 Å². The molecule has 2 aliphatic rings. The number of nitrogens with one attached hydrogen (secondary N) is 1. The average molecular weight is 484 g/mol. The van der Waals surface area contributed by atoms with Crippen molar-refractivity contribution in [2.45, 2.75) is 83.0 Å². The molecular formula is C26H37N5O2S. The van der Waals surface area contributed by atoms with Gasteiger partial charge in [0.05, 0.1) is 18.2 Å². The minimum Gasteiger partial charge on any atom is -0.391 e. The molecule has 184 valence electrons. The lowest BCUT2D eigenvalue weighted by Gasteiger charge is -2.46. The Morgan fingerprint density at radius 3 is 2.74 bits per heavy atom. The molecular weight excluding hydrogens is 446 g/mol. The third-order valence-electron chi connectivity index (χ3n) is 7.26. The SMILES string of the molecule is CC(C)(C)NC(=O)[C@@H]1C[C@@H]2CCCC[C@@H]2CN1C[C@@H](O)[C@H](Cc1cc2ccccc2s1)N=[N+]=[N-]. The summed E-state index contributed by atoms with van der Waals surface area (Å²) in [6.07, 6.45) is 5.34. The zero-order valence-electron chi connectivity index (χ0n) is 20.5. The lowest BCUT2D eigenvalue weighted by Crippen LogP contribution is -2.59. The van der Waals surface area contributed by atoms with E-state index >= 15 is 0 Å². The highest BCUT2D eigenvalue weighted by Crippen LogP contribution is 2.39. The van der Waals surface area contributed by atoms with E-state index in [9.17, 15) is 15.4 Å². The molecule has 7 nitrogen and oxygen atoms in total. The first kappa shape index (κ1) is 25.0. The van der Waals surface area contributed by atoms with Gasteiger partial charge in [-0.05, 0) is 74.9 Å². The quantitative estimate of drug-likeness (QED) is 0.318. The van der Waals surface area contributed by atoms with Crippen molar-refractivity contribution in [1.82, 2.24) is 10.2 Å². The fourth-order valence-electron chi connectivity index (χ4n) is 5.65. The van der Waals surface area contributed by atoms with Gasteiger partial charge in [-0.15, -0.1) is 11.3 Å². The number of aliphatic hydroxyl groups excluding tert-OH is 1. The summed E-state index contributed by atoms with van der Waals surface area (Å²) in [7, 11) is 0. The third kappa shape index (κ3) is 6.11. The lowest BCUT2D eigenvalue weighted by molar-refractivity contribution is -0.132. The van der Waals surface area contributed by atoms with Gasteiger partial charge in [-0.2, -0.15) is 0 Å². The number of benzene rings is 1. The highest BCUT2D eigenvalue weighted by Gasteiger charge is 2.41. The van der Waals surface area contributed by atoms with E-state index in [0.29, 0.717) is 24.8 Å². The molecule has 34 heavy (non-hydrogen) atoms. The first-order chi connectivity index (χ1) is 16.2. The zero-order valence-corrected chi connectivity index (χ0v) is 21.3. The van der Waals surface area contributed by atoms with Crippen LogP contribution in [0.3, 0.4) is 0 Å². The third-order valence-corrected chi connectivity index (χ3v) is 8.39. The van der Waals surface area contributed by atoms with Crippen LogP contribution in [-0.4, -0.2) is 52.7 Å². The maximum atomic E-state index is 13.3. The fourth-order valence-corrected chi connectivity index (χ4v) is 6.77. The summed E-state index contributed by atoms with van der Waals surface area (Å²) in [5.74, 6) is 1.18. The molecule has 4 rings (SSSR count). The van der Waals surface area contributed by atoms with E-state index in [4.69, 9.17) is 0 Å². The molecule has 2 N–H and O–H groups in total. The van der Waals surface area contributed by atoms with Crippen LogP contribution in [0, 0.1) is 11.8 Å². The maximum Gasteiger partial charge on any atom is 0.237 e. The Hall–Kier alpha value is -2.12. The molecule has 1 aromatic carbocycles. The number of carbonyl (C=O) groups is 1. The number of rotatable bonds is 7. The second-order valence-electron chi connectivity index (χ2n) is 11.0. The highest BCUT2D eigenvalue weighted by atomic mass is 32.1. The first-order valence-corrected chi connectivity index (χ1v) is 13.3. The summed E-state index contributed by atoms with van der Waals surface area (Å²) in [5, 5.41) is 19.5. The number of likely N-dealkylation sites (tertiary alicyclic amines) is 1. The van der Waals surface area contributed by atoms with Crippen molar-refractivity contribution in [1.29, 1.82) is 0 Å². The van der Waals surface area contributed by atoms with E-state index in [0.717, 1.165) is 23.2 Å². The topological polar surface area (TPSA) is 101 Å². The van der Waals surface area contributed by atoms with Crippen molar-refractivity contribution in [2.75, 3.05) is 13.1 Å². The number of β-amino-alcohol motifs (C(OH)–C–C–N with tert-alkyl or cyclic N) is 1. The van der Waals surface area contributed by atoms with E-state index in [1.807, 2.05) is 32.9 Å². The van der Waals surface area contributed by atoms with Crippen molar-refractivity contribution in [3.63, 3.8) is 0 Å².